The molecule has 0 spiro atoms. The molecule has 0 aliphatic heterocycles. The van der Waals surface area contributed by atoms with Crippen molar-refractivity contribution in [3.8, 4) is 0 Å². The van der Waals surface area contributed by atoms with Crippen LogP contribution in [-0.4, -0.2) is 13.2 Å². The van der Waals surface area contributed by atoms with Crippen molar-refractivity contribution >= 4 is 0 Å². The molecule has 0 aromatic rings. The van der Waals surface area contributed by atoms with Crippen LogP contribution in [0.3, 0.4) is 0 Å². The van der Waals surface area contributed by atoms with Gasteiger partial charge in [0.15, 0.2) is 0 Å². The third-order valence-electron chi connectivity index (χ3n) is 1.37. The average molecular weight is 143 g/mol. The maximum absolute atomic E-state index is 5.32. The molecular formula is C9H19O. The van der Waals surface area contributed by atoms with Crippen molar-refractivity contribution in [2.24, 2.45) is 0 Å². The second-order valence-corrected chi connectivity index (χ2v) is 2.51. The Morgan fingerprint density at radius 2 is 2.00 bits per heavy atom. The fourth-order valence-electron chi connectivity index (χ4n) is 0.701. The van der Waals surface area contributed by atoms with Crippen molar-refractivity contribution in [2.75, 3.05) is 13.2 Å². The first-order valence-electron chi connectivity index (χ1n) is 4.31. The fraction of sp³-hybridized carbons (Fsp3) is 0.889. The van der Waals surface area contributed by atoms with Crippen LogP contribution in [0.2, 0.25) is 0 Å². The van der Waals surface area contributed by atoms with E-state index in [4.69, 9.17) is 4.74 Å². The SMILES string of the molecule is CCC[CH]COCCCC. The number of rotatable bonds is 7. The largest absolute Gasteiger partial charge is 0.381 e. The second-order valence-electron chi connectivity index (χ2n) is 2.51. The lowest BCUT2D eigenvalue weighted by Crippen LogP contribution is -1.96. The molecule has 0 aliphatic rings. The van der Waals surface area contributed by atoms with E-state index in [2.05, 4.69) is 20.3 Å². The van der Waals surface area contributed by atoms with E-state index in [1.54, 1.807) is 0 Å². The molecule has 10 heavy (non-hydrogen) atoms. The molecule has 0 saturated carbocycles. The van der Waals surface area contributed by atoms with Gasteiger partial charge in [-0.2, -0.15) is 0 Å². The Bertz CT molecular complexity index is 44.7. The van der Waals surface area contributed by atoms with Crippen LogP contribution < -0.4 is 0 Å². The van der Waals surface area contributed by atoms with Crippen LogP contribution in [0.15, 0.2) is 0 Å². The van der Waals surface area contributed by atoms with Gasteiger partial charge in [-0.05, 0) is 19.3 Å². The summed E-state index contributed by atoms with van der Waals surface area (Å²) in [7, 11) is 0. The van der Waals surface area contributed by atoms with E-state index >= 15 is 0 Å². The van der Waals surface area contributed by atoms with Gasteiger partial charge in [0.1, 0.15) is 0 Å². The third kappa shape index (κ3) is 7.96. The molecule has 0 saturated heterocycles. The molecule has 0 N–H and O–H groups in total. The highest BCUT2D eigenvalue weighted by Crippen LogP contribution is 1.94. The highest BCUT2D eigenvalue weighted by atomic mass is 16.5. The molecule has 1 heteroatoms. The molecule has 0 aromatic heterocycles. The van der Waals surface area contributed by atoms with E-state index in [1.807, 2.05) is 0 Å². The highest BCUT2D eigenvalue weighted by molar-refractivity contribution is 4.60. The summed E-state index contributed by atoms with van der Waals surface area (Å²) in [5.41, 5.74) is 0. The molecule has 0 fully saturated rings. The summed E-state index contributed by atoms with van der Waals surface area (Å²) in [6.07, 6.45) is 7.05. The maximum Gasteiger partial charge on any atom is 0.0497 e. The standard InChI is InChI=1S/C9H19O/c1-3-5-7-9-10-8-6-4-2/h7H,3-6,8-9H2,1-2H3. The van der Waals surface area contributed by atoms with E-state index < -0.39 is 0 Å². The number of hydrogen-bond acceptors (Lipinski definition) is 1. The summed E-state index contributed by atoms with van der Waals surface area (Å²) in [5.74, 6) is 0. The van der Waals surface area contributed by atoms with Crippen LogP contribution in [-0.2, 0) is 4.74 Å². The van der Waals surface area contributed by atoms with E-state index in [9.17, 15) is 0 Å². The minimum absolute atomic E-state index is 0.841. The van der Waals surface area contributed by atoms with Crippen molar-refractivity contribution in [1.29, 1.82) is 0 Å². The summed E-state index contributed by atoms with van der Waals surface area (Å²) in [5, 5.41) is 0. The van der Waals surface area contributed by atoms with Gasteiger partial charge in [-0.3, -0.25) is 0 Å². The third-order valence-corrected chi connectivity index (χ3v) is 1.37. The van der Waals surface area contributed by atoms with E-state index in [0.29, 0.717) is 0 Å². The minimum atomic E-state index is 0.841. The van der Waals surface area contributed by atoms with Crippen LogP contribution in [0, 0.1) is 6.42 Å². The van der Waals surface area contributed by atoms with E-state index in [1.165, 1.54) is 25.7 Å². The number of ether oxygens (including phenoxy) is 1. The summed E-state index contributed by atoms with van der Waals surface area (Å²) in [4.78, 5) is 0. The maximum atomic E-state index is 5.32. The molecule has 1 radical (unpaired) electrons. The lowest BCUT2D eigenvalue weighted by molar-refractivity contribution is 0.149. The minimum Gasteiger partial charge on any atom is -0.381 e. The zero-order chi connectivity index (χ0) is 7.66. The van der Waals surface area contributed by atoms with Crippen molar-refractivity contribution in [2.45, 2.75) is 39.5 Å². The molecule has 1 nitrogen and oxygen atoms in total. The first-order valence-corrected chi connectivity index (χ1v) is 4.31. The van der Waals surface area contributed by atoms with Gasteiger partial charge in [0.05, 0.1) is 0 Å². The Hall–Kier alpha value is -0.0400. The fourth-order valence-corrected chi connectivity index (χ4v) is 0.701. The van der Waals surface area contributed by atoms with Gasteiger partial charge < -0.3 is 4.74 Å². The van der Waals surface area contributed by atoms with Gasteiger partial charge in [-0.25, -0.2) is 0 Å². The highest BCUT2D eigenvalue weighted by Gasteiger charge is 1.86. The van der Waals surface area contributed by atoms with Gasteiger partial charge >= 0.3 is 0 Å². The van der Waals surface area contributed by atoms with Gasteiger partial charge in [-0.1, -0.05) is 26.7 Å². The zero-order valence-corrected chi connectivity index (χ0v) is 7.23. The Morgan fingerprint density at radius 3 is 2.60 bits per heavy atom. The summed E-state index contributed by atoms with van der Waals surface area (Å²) in [6, 6.07) is 0. The lowest BCUT2D eigenvalue weighted by atomic mass is 10.3. The van der Waals surface area contributed by atoms with Crippen LogP contribution in [0.4, 0.5) is 0 Å². The monoisotopic (exact) mass is 143 g/mol. The topological polar surface area (TPSA) is 9.23 Å². The Kier molecular flexibility index (Phi) is 8.92. The first kappa shape index (κ1) is 9.96. The zero-order valence-electron chi connectivity index (χ0n) is 7.23. The molecule has 0 bridgehead atoms. The molecule has 0 heterocycles. The summed E-state index contributed by atoms with van der Waals surface area (Å²) in [6.45, 7) is 6.13. The molecule has 0 atom stereocenters. The molecular weight excluding hydrogens is 124 g/mol. The predicted molar refractivity (Wildman–Crippen MR) is 44.9 cm³/mol. The molecule has 0 amide bonds. The van der Waals surface area contributed by atoms with Crippen molar-refractivity contribution in [3.05, 3.63) is 6.42 Å². The Morgan fingerprint density at radius 1 is 1.20 bits per heavy atom. The van der Waals surface area contributed by atoms with E-state index in [-0.39, 0.29) is 0 Å². The van der Waals surface area contributed by atoms with Gasteiger partial charge in [0, 0.05) is 13.2 Å². The molecule has 0 aliphatic carbocycles. The molecule has 0 unspecified atom stereocenters. The second kappa shape index (κ2) is 8.96. The smallest absolute Gasteiger partial charge is 0.0497 e. The summed E-state index contributed by atoms with van der Waals surface area (Å²) < 4.78 is 5.32. The van der Waals surface area contributed by atoms with Gasteiger partial charge in [-0.15, -0.1) is 0 Å². The Balaban J connectivity index is 2.65. The van der Waals surface area contributed by atoms with Crippen molar-refractivity contribution in [3.63, 3.8) is 0 Å². The van der Waals surface area contributed by atoms with Crippen molar-refractivity contribution in [1.82, 2.24) is 0 Å². The average Bonchev–Trinajstić information content (AvgIpc) is 1.97. The quantitative estimate of drug-likeness (QED) is 0.498. The Labute approximate surface area is 64.8 Å². The lowest BCUT2D eigenvalue weighted by Gasteiger charge is -2.00. The molecule has 61 valence electrons. The molecule has 0 aromatic carbocycles. The molecule has 0 rings (SSSR count). The van der Waals surface area contributed by atoms with Gasteiger partial charge in [0.2, 0.25) is 0 Å². The van der Waals surface area contributed by atoms with Crippen molar-refractivity contribution < 1.29 is 4.74 Å². The number of hydrogen-bond donors (Lipinski definition) is 0. The normalized spacial score (nSPS) is 10.2. The van der Waals surface area contributed by atoms with Crippen LogP contribution >= 0.6 is 0 Å². The first-order chi connectivity index (χ1) is 4.91. The van der Waals surface area contributed by atoms with Crippen LogP contribution in [0.25, 0.3) is 0 Å². The van der Waals surface area contributed by atoms with Gasteiger partial charge in [0.25, 0.3) is 0 Å². The summed E-state index contributed by atoms with van der Waals surface area (Å²) >= 11 is 0. The van der Waals surface area contributed by atoms with Crippen LogP contribution in [0.1, 0.15) is 39.5 Å². The van der Waals surface area contributed by atoms with Crippen LogP contribution in [0.5, 0.6) is 0 Å². The number of unbranched alkanes of at least 4 members (excludes halogenated alkanes) is 3. The predicted octanol–water partition coefficient (Wildman–Crippen LogP) is 2.81. The van der Waals surface area contributed by atoms with E-state index in [0.717, 1.165) is 13.2 Å².